The Labute approximate surface area is 80.4 Å². The van der Waals surface area contributed by atoms with Gasteiger partial charge >= 0.3 is 5.97 Å². The Kier molecular flexibility index (Phi) is 2.93. The van der Waals surface area contributed by atoms with Crippen LogP contribution in [-0.4, -0.2) is 27.3 Å². The van der Waals surface area contributed by atoms with Crippen LogP contribution in [0.2, 0.25) is 0 Å². The lowest BCUT2D eigenvalue weighted by Gasteiger charge is -2.09. The van der Waals surface area contributed by atoms with Crippen molar-refractivity contribution in [1.29, 1.82) is 0 Å². The van der Waals surface area contributed by atoms with Crippen LogP contribution in [0, 0.1) is 0 Å². The number of phenols is 2. The zero-order valence-electron chi connectivity index (χ0n) is 7.34. The lowest BCUT2D eigenvalue weighted by atomic mass is 10.0. The molecule has 1 atom stereocenters. The summed E-state index contributed by atoms with van der Waals surface area (Å²) in [6, 6.07) is 3.06. The van der Waals surface area contributed by atoms with E-state index in [0.29, 0.717) is 0 Å². The van der Waals surface area contributed by atoms with Gasteiger partial charge in [-0.15, -0.1) is 0 Å². The zero-order valence-corrected chi connectivity index (χ0v) is 7.34. The first-order valence-electron chi connectivity index (χ1n) is 4.00. The lowest BCUT2D eigenvalue weighted by Crippen LogP contribution is -2.32. The van der Waals surface area contributed by atoms with Gasteiger partial charge in [0, 0.05) is 12.0 Å². The summed E-state index contributed by atoms with van der Waals surface area (Å²) in [5.74, 6) is -1.48. The molecule has 0 radical (unpaired) electrons. The molecule has 1 aromatic carbocycles. The van der Waals surface area contributed by atoms with Gasteiger partial charge in [-0.2, -0.15) is 0 Å². The van der Waals surface area contributed by atoms with E-state index in [-0.39, 0.29) is 23.5 Å². The highest BCUT2D eigenvalue weighted by molar-refractivity contribution is 5.74. The quantitative estimate of drug-likeness (QED) is 0.548. The molecule has 1 aromatic rings. The predicted octanol–water partition coefficient (Wildman–Crippen LogP) is 0.0522. The molecule has 5 nitrogen and oxygen atoms in total. The zero-order chi connectivity index (χ0) is 10.7. The Morgan fingerprint density at radius 2 is 1.86 bits per heavy atom. The van der Waals surface area contributed by atoms with Crippen molar-refractivity contribution in [3.63, 3.8) is 0 Å². The van der Waals surface area contributed by atoms with Crippen LogP contribution in [0.1, 0.15) is 5.56 Å². The van der Waals surface area contributed by atoms with Gasteiger partial charge in [-0.3, -0.25) is 4.79 Å². The van der Waals surface area contributed by atoms with Crippen molar-refractivity contribution in [2.45, 2.75) is 12.5 Å². The second-order valence-electron chi connectivity index (χ2n) is 2.92. The molecule has 0 aliphatic heterocycles. The number of rotatable bonds is 3. The van der Waals surface area contributed by atoms with Crippen molar-refractivity contribution >= 4 is 5.97 Å². The van der Waals surface area contributed by atoms with E-state index in [4.69, 9.17) is 10.8 Å². The Balaban J connectivity index is 2.91. The van der Waals surface area contributed by atoms with Crippen LogP contribution in [0.3, 0.4) is 0 Å². The highest BCUT2D eigenvalue weighted by atomic mass is 16.4. The molecular formula is C9H11NO4. The van der Waals surface area contributed by atoms with Crippen molar-refractivity contribution in [2.24, 2.45) is 5.73 Å². The maximum absolute atomic E-state index is 10.4. The predicted molar refractivity (Wildman–Crippen MR) is 49.1 cm³/mol. The molecule has 5 N–H and O–H groups in total. The molecule has 0 aromatic heterocycles. The van der Waals surface area contributed by atoms with E-state index >= 15 is 0 Å². The fraction of sp³-hybridized carbons (Fsp3) is 0.222. The molecule has 0 heterocycles. The highest BCUT2D eigenvalue weighted by Gasteiger charge is 2.16. The Morgan fingerprint density at radius 3 is 2.29 bits per heavy atom. The topological polar surface area (TPSA) is 104 Å². The van der Waals surface area contributed by atoms with Crippen LogP contribution in [0.5, 0.6) is 11.5 Å². The lowest BCUT2D eigenvalue weighted by molar-refractivity contribution is -0.138. The first-order valence-corrected chi connectivity index (χ1v) is 4.00. The number of hydrogen-bond acceptors (Lipinski definition) is 4. The molecule has 0 bridgehead atoms. The summed E-state index contributed by atoms with van der Waals surface area (Å²) < 4.78 is 0. The minimum Gasteiger partial charge on any atom is -0.508 e. The molecule has 0 amide bonds. The van der Waals surface area contributed by atoms with Crippen molar-refractivity contribution in [1.82, 2.24) is 0 Å². The molecule has 5 heteroatoms. The highest BCUT2D eigenvalue weighted by Crippen LogP contribution is 2.27. The first-order chi connectivity index (χ1) is 6.52. The number of phenolic OH excluding ortho intramolecular Hbond substituents is 2. The number of carboxylic acid groups (broad SMARTS) is 1. The average molecular weight is 197 g/mol. The first kappa shape index (κ1) is 10.3. The van der Waals surface area contributed by atoms with Crippen molar-refractivity contribution in [3.05, 3.63) is 23.8 Å². The van der Waals surface area contributed by atoms with Crippen LogP contribution in [0.25, 0.3) is 0 Å². The minimum atomic E-state index is -1.17. The van der Waals surface area contributed by atoms with E-state index in [9.17, 15) is 15.0 Å². The normalized spacial score (nSPS) is 12.4. The molecular weight excluding hydrogens is 186 g/mol. The number of carboxylic acids is 1. The monoisotopic (exact) mass is 197 g/mol. The number of aliphatic carboxylic acids is 1. The van der Waals surface area contributed by atoms with Crippen molar-refractivity contribution < 1.29 is 20.1 Å². The van der Waals surface area contributed by atoms with Crippen molar-refractivity contribution in [2.75, 3.05) is 0 Å². The summed E-state index contributed by atoms with van der Waals surface area (Å²) >= 11 is 0. The van der Waals surface area contributed by atoms with Gasteiger partial charge in [0.1, 0.15) is 17.5 Å². The van der Waals surface area contributed by atoms with Crippen LogP contribution in [0.4, 0.5) is 0 Å². The van der Waals surface area contributed by atoms with Crippen LogP contribution < -0.4 is 5.73 Å². The van der Waals surface area contributed by atoms with Gasteiger partial charge in [-0.1, -0.05) is 6.07 Å². The van der Waals surface area contributed by atoms with Crippen LogP contribution in [0.15, 0.2) is 18.2 Å². The molecule has 1 rings (SSSR count). The third kappa shape index (κ3) is 2.14. The number of aromatic hydroxyl groups is 2. The number of hydrogen-bond donors (Lipinski definition) is 4. The van der Waals surface area contributed by atoms with Gasteiger partial charge in [0.25, 0.3) is 0 Å². The summed E-state index contributed by atoms with van der Waals surface area (Å²) in [5, 5.41) is 27.2. The third-order valence-corrected chi connectivity index (χ3v) is 1.87. The molecule has 0 aliphatic rings. The SMILES string of the molecule is N[C@@H](Cc1c(O)cccc1O)C(=O)O. The van der Waals surface area contributed by atoms with E-state index in [2.05, 4.69) is 0 Å². The van der Waals surface area contributed by atoms with Crippen LogP contribution >= 0.6 is 0 Å². The van der Waals surface area contributed by atoms with Gasteiger partial charge in [0.05, 0.1) is 0 Å². The summed E-state index contributed by atoms with van der Waals surface area (Å²) in [5.41, 5.74) is 5.42. The molecule has 0 unspecified atom stereocenters. The summed E-state index contributed by atoms with van der Waals surface area (Å²) in [6.45, 7) is 0. The fourth-order valence-corrected chi connectivity index (χ4v) is 1.08. The summed E-state index contributed by atoms with van der Waals surface area (Å²) in [6.07, 6.45) is -0.103. The summed E-state index contributed by atoms with van der Waals surface area (Å²) in [7, 11) is 0. The van der Waals surface area contributed by atoms with E-state index < -0.39 is 12.0 Å². The maximum atomic E-state index is 10.4. The molecule has 0 fully saturated rings. The number of benzene rings is 1. The molecule has 14 heavy (non-hydrogen) atoms. The largest absolute Gasteiger partial charge is 0.508 e. The van der Waals surface area contributed by atoms with Gasteiger partial charge in [0.2, 0.25) is 0 Å². The fourth-order valence-electron chi connectivity index (χ4n) is 1.08. The Hall–Kier alpha value is -1.75. The minimum absolute atomic E-state index is 0.103. The van der Waals surface area contributed by atoms with Gasteiger partial charge in [-0.05, 0) is 12.1 Å². The molecule has 0 spiro atoms. The maximum Gasteiger partial charge on any atom is 0.320 e. The van der Waals surface area contributed by atoms with Gasteiger partial charge < -0.3 is 21.1 Å². The van der Waals surface area contributed by atoms with Crippen LogP contribution in [-0.2, 0) is 11.2 Å². The Morgan fingerprint density at radius 1 is 1.36 bits per heavy atom. The second-order valence-corrected chi connectivity index (χ2v) is 2.92. The third-order valence-electron chi connectivity index (χ3n) is 1.87. The van der Waals surface area contributed by atoms with Crippen molar-refractivity contribution in [3.8, 4) is 11.5 Å². The number of nitrogens with two attached hydrogens (primary N) is 1. The van der Waals surface area contributed by atoms with E-state index in [1.807, 2.05) is 0 Å². The smallest absolute Gasteiger partial charge is 0.320 e. The molecule has 76 valence electrons. The standard InChI is InChI=1S/C9H11NO4/c10-6(9(13)14)4-5-7(11)2-1-3-8(5)12/h1-3,6,11-12H,4,10H2,(H,13,14)/t6-/m0/s1. The van der Waals surface area contributed by atoms with E-state index in [1.54, 1.807) is 0 Å². The van der Waals surface area contributed by atoms with E-state index in [0.717, 1.165) is 0 Å². The summed E-state index contributed by atoms with van der Waals surface area (Å²) in [4.78, 5) is 10.4. The second kappa shape index (κ2) is 3.97. The molecule has 0 saturated heterocycles. The molecule has 0 aliphatic carbocycles. The molecule has 0 saturated carbocycles. The van der Waals surface area contributed by atoms with Gasteiger partial charge in [0.15, 0.2) is 0 Å². The number of carbonyl (C=O) groups is 1. The van der Waals surface area contributed by atoms with E-state index in [1.165, 1.54) is 18.2 Å². The average Bonchev–Trinajstić information content (AvgIpc) is 2.11. The Bertz CT molecular complexity index is 330. The van der Waals surface area contributed by atoms with Gasteiger partial charge in [-0.25, -0.2) is 0 Å².